The molecule has 0 unspecified atom stereocenters. The second-order valence-corrected chi connectivity index (χ2v) is 6.07. The lowest BCUT2D eigenvalue weighted by Gasteiger charge is -2.07. The van der Waals surface area contributed by atoms with Crippen LogP contribution in [0, 0.1) is 0 Å². The molecule has 1 aliphatic rings. The number of ketones is 1. The first-order valence-electron chi connectivity index (χ1n) is 8.60. The van der Waals surface area contributed by atoms with Gasteiger partial charge in [0.15, 0.2) is 5.78 Å². The average Bonchev–Trinajstić information content (AvgIpc) is 2.86. The van der Waals surface area contributed by atoms with Gasteiger partial charge < -0.3 is 4.74 Å². The van der Waals surface area contributed by atoms with Crippen molar-refractivity contribution in [1.29, 1.82) is 0 Å². The molecule has 0 atom stereocenters. The Morgan fingerprint density at radius 1 is 0.952 bits per heavy atom. The summed E-state index contributed by atoms with van der Waals surface area (Å²) in [5, 5.41) is 0. The second kappa shape index (κ2) is 8.86. The Labute approximate surface area is 128 Å². The zero-order chi connectivity index (χ0) is 14.9. The normalized spacial score (nSPS) is 13.5. The van der Waals surface area contributed by atoms with Gasteiger partial charge >= 0.3 is 0 Å². The number of carbonyl (C=O) groups excluding carboxylic acids is 1. The Bertz CT molecular complexity index is 451. The van der Waals surface area contributed by atoms with Crippen molar-refractivity contribution >= 4 is 5.78 Å². The van der Waals surface area contributed by atoms with Crippen molar-refractivity contribution in [2.75, 3.05) is 6.61 Å². The minimum Gasteiger partial charge on any atom is -0.494 e. The largest absolute Gasteiger partial charge is 0.494 e. The first kappa shape index (κ1) is 16.1. The molecule has 0 saturated heterocycles. The van der Waals surface area contributed by atoms with Crippen LogP contribution in [0.25, 0.3) is 0 Å². The third kappa shape index (κ3) is 5.18. The summed E-state index contributed by atoms with van der Waals surface area (Å²) in [7, 11) is 0. The van der Waals surface area contributed by atoms with E-state index in [1.807, 2.05) is 18.2 Å². The number of unbranched alkanes of at least 4 members (excludes halogenated alkanes) is 7. The highest BCUT2D eigenvalue weighted by Crippen LogP contribution is 2.26. The van der Waals surface area contributed by atoms with E-state index in [0.717, 1.165) is 36.3 Å². The number of benzene rings is 1. The van der Waals surface area contributed by atoms with Crippen LogP contribution in [0.2, 0.25) is 0 Å². The van der Waals surface area contributed by atoms with E-state index in [2.05, 4.69) is 6.92 Å². The molecule has 0 aliphatic heterocycles. The van der Waals surface area contributed by atoms with E-state index in [1.54, 1.807) is 0 Å². The van der Waals surface area contributed by atoms with Gasteiger partial charge in [0.25, 0.3) is 0 Å². The molecule has 1 aromatic carbocycles. The van der Waals surface area contributed by atoms with E-state index in [0.29, 0.717) is 6.42 Å². The van der Waals surface area contributed by atoms with Gasteiger partial charge in [-0.3, -0.25) is 4.79 Å². The highest BCUT2D eigenvalue weighted by Gasteiger charge is 2.19. The van der Waals surface area contributed by atoms with Crippen LogP contribution in [0.15, 0.2) is 18.2 Å². The molecule has 0 fully saturated rings. The Balaban J connectivity index is 1.56. The molecule has 0 amide bonds. The molecule has 2 nitrogen and oxygen atoms in total. The van der Waals surface area contributed by atoms with Crippen molar-refractivity contribution in [3.8, 4) is 5.75 Å². The SMILES string of the molecule is CCCCCCCCCCOc1ccc2c(c1)CCC2=O. The minimum absolute atomic E-state index is 0.277. The second-order valence-electron chi connectivity index (χ2n) is 6.07. The van der Waals surface area contributed by atoms with E-state index >= 15 is 0 Å². The lowest BCUT2D eigenvalue weighted by Crippen LogP contribution is -1.98. The summed E-state index contributed by atoms with van der Waals surface area (Å²) in [6, 6.07) is 5.91. The number of hydrogen-bond acceptors (Lipinski definition) is 2. The zero-order valence-electron chi connectivity index (χ0n) is 13.3. The van der Waals surface area contributed by atoms with Gasteiger partial charge in [-0.05, 0) is 36.6 Å². The number of hydrogen-bond donors (Lipinski definition) is 0. The van der Waals surface area contributed by atoms with E-state index in [4.69, 9.17) is 4.74 Å². The fourth-order valence-electron chi connectivity index (χ4n) is 2.95. The summed E-state index contributed by atoms with van der Waals surface area (Å²) in [5.41, 5.74) is 2.06. The van der Waals surface area contributed by atoms with Crippen LogP contribution in [0.4, 0.5) is 0 Å². The molecule has 2 rings (SSSR count). The highest BCUT2D eigenvalue weighted by atomic mass is 16.5. The molecular formula is C19H28O2. The van der Waals surface area contributed by atoms with Gasteiger partial charge in [-0.1, -0.05) is 51.9 Å². The minimum atomic E-state index is 0.277. The molecule has 0 aromatic heterocycles. The highest BCUT2D eigenvalue weighted by molar-refractivity contribution is 6.00. The van der Waals surface area contributed by atoms with Gasteiger partial charge in [0.05, 0.1) is 6.61 Å². The van der Waals surface area contributed by atoms with Crippen LogP contribution in [0.3, 0.4) is 0 Å². The first-order valence-corrected chi connectivity index (χ1v) is 8.60. The lowest BCUT2D eigenvalue weighted by molar-refractivity contribution is 0.0994. The lowest BCUT2D eigenvalue weighted by atomic mass is 10.1. The van der Waals surface area contributed by atoms with Crippen molar-refractivity contribution in [1.82, 2.24) is 0 Å². The monoisotopic (exact) mass is 288 g/mol. The van der Waals surface area contributed by atoms with Crippen LogP contribution >= 0.6 is 0 Å². The van der Waals surface area contributed by atoms with Crippen LogP contribution < -0.4 is 4.74 Å². The van der Waals surface area contributed by atoms with E-state index in [9.17, 15) is 4.79 Å². The summed E-state index contributed by atoms with van der Waals surface area (Å²) < 4.78 is 5.80. The summed E-state index contributed by atoms with van der Waals surface area (Å²) in [6.07, 6.45) is 12.1. The number of ether oxygens (including phenoxy) is 1. The zero-order valence-corrected chi connectivity index (χ0v) is 13.3. The molecule has 0 N–H and O–H groups in total. The number of rotatable bonds is 10. The molecule has 1 aromatic rings. The summed E-state index contributed by atoms with van der Waals surface area (Å²) in [5.74, 6) is 1.20. The maximum Gasteiger partial charge on any atom is 0.163 e. The number of fused-ring (bicyclic) bond motifs is 1. The molecule has 21 heavy (non-hydrogen) atoms. The third-order valence-corrected chi connectivity index (χ3v) is 4.27. The molecule has 0 radical (unpaired) electrons. The van der Waals surface area contributed by atoms with Crippen molar-refractivity contribution in [2.24, 2.45) is 0 Å². The quantitative estimate of drug-likeness (QED) is 0.543. The van der Waals surface area contributed by atoms with Crippen molar-refractivity contribution in [2.45, 2.75) is 71.1 Å². The van der Waals surface area contributed by atoms with E-state index in [-0.39, 0.29) is 5.78 Å². The van der Waals surface area contributed by atoms with Crippen LogP contribution in [0.5, 0.6) is 5.75 Å². The van der Waals surface area contributed by atoms with Gasteiger partial charge in [0.1, 0.15) is 5.75 Å². The smallest absolute Gasteiger partial charge is 0.163 e. The number of Topliss-reactive ketones (excluding diaryl/α,β-unsaturated/α-hetero) is 1. The van der Waals surface area contributed by atoms with E-state index in [1.165, 1.54) is 44.9 Å². The maximum atomic E-state index is 11.6. The summed E-state index contributed by atoms with van der Waals surface area (Å²) in [4.78, 5) is 11.6. The number of carbonyl (C=O) groups is 1. The standard InChI is InChI=1S/C19H28O2/c1-2-3-4-5-6-7-8-9-14-21-17-11-12-18-16(15-17)10-13-19(18)20/h11-12,15H,2-10,13-14H2,1H3. The number of aryl methyl sites for hydroxylation is 1. The predicted molar refractivity (Wildman–Crippen MR) is 87.2 cm³/mol. The van der Waals surface area contributed by atoms with Gasteiger partial charge in [0, 0.05) is 12.0 Å². The topological polar surface area (TPSA) is 26.3 Å². The third-order valence-electron chi connectivity index (χ3n) is 4.27. The van der Waals surface area contributed by atoms with Crippen LogP contribution in [-0.2, 0) is 6.42 Å². The predicted octanol–water partition coefficient (Wildman–Crippen LogP) is 5.34. The molecule has 0 spiro atoms. The molecule has 1 aliphatic carbocycles. The molecule has 116 valence electrons. The Morgan fingerprint density at radius 3 is 2.43 bits per heavy atom. The maximum absolute atomic E-state index is 11.6. The van der Waals surface area contributed by atoms with Crippen LogP contribution in [-0.4, -0.2) is 12.4 Å². The summed E-state index contributed by atoms with van der Waals surface area (Å²) >= 11 is 0. The Hall–Kier alpha value is -1.31. The summed E-state index contributed by atoms with van der Waals surface area (Å²) in [6.45, 7) is 3.05. The fourth-order valence-corrected chi connectivity index (χ4v) is 2.95. The van der Waals surface area contributed by atoms with E-state index < -0.39 is 0 Å². The van der Waals surface area contributed by atoms with Crippen molar-refractivity contribution in [3.63, 3.8) is 0 Å². The van der Waals surface area contributed by atoms with Crippen molar-refractivity contribution < 1.29 is 9.53 Å². The molecule has 0 heterocycles. The average molecular weight is 288 g/mol. The molecule has 0 bridgehead atoms. The van der Waals surface area contributed by atoms with Crippen molar-refractivity contribution in [3.05, 3.63) is 29.3 Å². The molecular weight excluding hydrogens is 260 g/mol. The first-order chi connectivity index (χ1) is 10.3. The Morgan fingerprint density at radius 2 is 1.67 bits per heavy atom. The van der Waals surface area contributed by atoms with Crippen LogP contribution in [0.1, 0.15) is 80.6 Å². The van der Waals surface area contributed by atoms with Gasteiger partial charge in [-0.2, -0.15) is 0 Å². The molecule has 2 heteroatoms. The fraction of sp³-hybridized carbons (Fsp3) is 0.632. The molecule has 0 saturated carbocycles. The van der Waals surface area contributed by atoms with Gasteiger partial charge in [-0.25, -0.2) is 0 Å². The Kier molecular flexibility index (Phi) is 6.78. The van der Waals surface area contributed by atoms with Gasteiger partial charge in [-0.15, -0.1) is 0 Å². The van der Waals surface area contributed by atoms with Gasteiger partial charge in [0.2, 0.25) is 0 Å².